The van der Waals surface area contributed by atoms with E-state index in [1.165, 1.54) is 35.6 Å². The van der Waals surface area contributed by atoms with Crippen LogP contribution in [-0.2, 0) is 16.4 Å². The van der Waals surface area contributed by atoms with E-state index in [9.17, 15) is 13.2 Å². The summed E-state index contributed by atoms with van der Waals surface area (Å²) in [6, 6.07) is 11.1. The van der Waals surface area contributed by atoms with E-state index >= 15 is 0 Å². The fraction of sp³-hybridized carbons (Fsp3) is 0.111. The highest BCUT2D eigenvalue weighted by atomic mass is 35.5. The van der Waals surface area contributed by atoms with Crippen molar-refractivity contribution in [2.24, 2.45) is 4.99 Å². The molecule has 0 unspecified atom stereocenters. The smallest absolute Gasteiger partial charge is 0.279 e. The van der Waals surface area contributed by atoms with Crippen LogP contribution < -0.4 is 4.80 Å². The number of aromatic nitrogens is 1. The van der Waals surface area contributed by atoms with Gasteiger partial charge in [-0.05, 0) is 36.4 Å². The molecule has 5 nitrogen and oxygen atoms in total. The van der Waals surface area contributed by atoms with E-state index in [1.807, 2.05) is 6.07 Å². The number of halogens is 1. The molecule has 2 aromatic carbocycles. The average molecular weight is 405 g/mol. The van der Waals surface area contributed by atoms with Crippen LogP contribution in [0.5, 0.6) is 0 Å². The summed E-state index contributed by atoms with van der Waals surface area (Å²) in [5.74, 6) is 2.00. The lowest BCUT2D eigenvalue weighted by atomic mass is 10.2. The van der Waals surface area contributed by atoms with Crippen LogP contribution in [-0.4, -0.2) is 25.1 Å². The molecule has 0 saturated heterocycles. The van der Waals surface area contributed by atoms with Crippen LogP contribution >= 0.6 is 22.9 Å². The van der Waals surface area contributed by atoms with E-state index in [0.29, 0.717) is 9.82 Å². The summed E-state index contributed by atoms with van der Waals surface area (Å²) in [7, 11) is -3.41. The summed E-state index contributed by atoms with van der Waals surface area (Å²) < 4.78 is 25.9. The van der Waals surface area contributed by atoms with Gasteiger partial charge >= 0.3 is 0 Å². The fourth-order valence-electron chi connectivity index (χ4n) is 2.39. The Hall–Kier alpha value is -2.40. The van der Waals surface area contributed by atoms with Gasteiger partial charge < -0.3 is 4.57 Å². The number of carbonyl (C=O) groups excluding carboxylic acids is 1. The van der Waals surface area contributed by atoms with E-state index in [-0.39, 0.29) is 17.0 Å². The molecule has 0 aliphatic heterocycles. The first-order valence-corrected chi connectivity index (χ1v) is 10.5. The third-order valence-corrected chi connectivity index (χ3v) is 5.99. The minimum Gasteiger partial charge on any atom is -0.305 e. The quantitative estimate of drug-likeness (QED) is 0.630. The molecular weight excluding hydrogens is 392 g/mol. The van der Waals surface area contributed by atoms with Crippen molar-refractivity contribution in [3.63, 3.8) is 0 Å². The Morgan fingerprint density at radius 1 is 1.31 bits per heavy atom. The number of carbonyl (C=O) groups is 1. The number of amides is 1. The number of rotatable bonds is 3. The number of thiazole rings is 1. The van der Waals surface area contributed by atoms with Gasteiger partial charge in [0.2, 0.25) is 0 Å². The van der Waals surface area contributed by atoms with Gasteiger partial charge in [-0.1, -0.05) is 34.9 Å². The topological polar surface area (TPSA) is 68.5 Å². The predicted octanol–water partition coefficient (Wildman–Crippen LogP) is 3.13. The summed E-state index contributed by atoms with van der Waals surface area (Å²) in [5.41, 5.74) is 1.02. The van der Waals surface area contributed by atoms with Gasteiger partial charge in [0.25, 0.3) is 5.91 Å². The van der Waals surface area contributed by atoms with Crippen LogP contribution in [0, 0.1) is 12.3 Å². The maximum absolute atomic E-state index is 12.5. The van der Waals surface area contributed by atoms with Crippen molar-refractivity contribution in [2.45, 2.75) is 11.4 Å². The van der Waals surface area contributed by atoms with Gasteiger partial charge in [-0.2, -0.15) is 4.99 Å². The molecule has 0 spiro atoms. The summed E-state index contributed by atoms with van der Waals surface area (Å²) in [5, 5.41) is 0.574. The van der Waals surface area contributed by atoms with Gasteiger partial charge in [0.1, 0.15) is 0 Å². The normalized spacial score (nSPS) is 12.3. The first-order chi connectivity index (χ1) is 12.3. The summed E-state index contributed by atoms with van der Waals surface area (Å²) in [4.78, 5) is 17.2. The fourth-order valence-corrected chi connectivity index (χ4v) is 4.36. The molecule has 0 bridgehead atoms. The Labute approximate surface area is 159 Å². The Kier molecular flexibility index (Phi) is 5.01. The molecule has 8 heteroatoms. The van der Waals surface area contributed by atoms with Crippen LogP contribution in [0.1, 0.15) is 10.4 Å². The van der Waals surface area contributed by atoms with E-state index in [0.717, 1.165) is 16.5 Å². The first-order valence-electron chi connectivity index (χ1n) is 7.41. The van der Waals surface area contributed by atoms with Crippen LogP contribution in [0.15, 0.2) is 52.4 Å². The Morgan fingerprint density at radius 3 is 2.77 bits per heavy atom. The van der Waals surface area contributed by atoms with Crippen molar-refractivity contribution in [3.05, 3.63) is 57.9 Å². The summed E-state index contributed by atoms with van der Waals surface area (Å²) in [6.45, 7) is 0.247. The molecule has 0 N–H and O–H groups in total. The second-order valence-electron chi connectivity index (χ2n) is 5.50. The highest BCUT2D eigenvalue weighted by molar-refractivity contribution is 7.90. The van der Waals surface area contributed by atoms with Crippen LogP contribution in [0.25, 0.3) is 10.2 Å². The SMILES string of the molecule is C#CCn1c(=NC(=O)c2cccc(S(C)(=O)=O)c2)sc2cc(Cl)ccc21. The van der Waals surface area contributed by atoms with E-state index in [1.54, 1.807) is 16.7 Å². The molecule has 3 rings (SSSR count). The van der Waals surface area contributed by atoms with Crippen molar-refractivity contribution >= 4 is 48.9 Å². The molecule has 0 saturated carbocycles. The Morgan fingerprint density at radius 2 is 2.08 bits per heavy atom. The van der Waals surface area contributed by atoms with Crippen LogP contribution in [0.2, 0.25) is 5.02 Å². The molecule has 1 aromatic heterocycles. The molecule has 0 fully saturated rings. The summed E-state index contributed by atoms with van der Waals surface area (Å²) in [6.07, 6.45) is 6.52. The van der Waals surface area contributed by atoms with E-state index in [2.05, 4.69) is 10.9 Å². The lowest BCUT2D eigenvalue weighted by molar-refractivity contribution is 0.0997. The van der Waals surface area contributed by atoms with E-state index < -0.39 is 15.7 Å². The van der Waals surface area contributed by atoms with Gasteiger partial charge in [0, 0.05) is 16.8 Å². The number of nitrogens with zero attached hydrogens (tertiary/aromatic N) is 2. The Balaban J connectivity index is 2.14. The maximum Gasteiger partial charge on any atom is 0.279 e. The summed E-state index contributed by atoms with van der Waals surface area (Å²) >= 11 is 7.31. The van der Waals surface area contributed by atoms with Crippen molar-refractivity contribution in [2.75, 3.05) is 6.26 Å². The van der Waals surface area contributed by atoms with Gasteiger partial charge in [-0.25, -0.2) is 8.42 Å². The average Bonchev–Trinajstić information content (AvgIpc) is 2.91. The van der Waals surface area contributed by atoms with Gasteiger partial charge in [0.05, 0.1) is 21.7 Å². The molecule has 0 aliphatic rings. The first kappa shape index (κ1) is 18.4. The lowest BCUT2D eigenvalue weighted by Crippen LogP contribution is -2.16. The molecular formula is C18H13ClN2O3S2. The number of sulfone groups is 1. The standard InChI is InChI=1S/C18H13ClN2O3S2/c1-3-9-21-15-8-7-13(19)11-16(15)25-18(21)20-17(22)12-5-4-6-14(10-12)26(2,23)24/h1,4-8,10-11H,9H2,2H3. The largest absolute Gasteiger partial charge is 0.305 e. The van der Waals surface area contributed by atoms with Gasteiger partial charge in [0.15, 0.2) is 14.6 Å². The highest BCUT2D eigenvalue weighted by Crippen LogP contribution is 2.22. The van der Waals surface area contributed by atoms with Gasteiger partial charge in [-0.3, -0.25) is 4.79 Å². The number of hydrogen-bond acceptors (Lipinski definition) is 4. The van der Waals surface area contributed by atoms with Crippen LogP contribution in [0.4, 0.5) is 0 Å². The zero-order valence-electron chi connectivity index (χ0n) is 13.6. The molecule has 0 atom stereocenters. The lowest BCUT2D eigenvalue weighted by Gasteiger charge is -2.01. The zero-order valence-corrected chi connectivity index (χ0v) is 16.0. The van der Waals surface area contributed by atoms with Crippen molar-refractivity contribution in [1.82, 2.24) is 4.57 Å². The molecule has 0 aliphatic carbocycles. The highest BCUT2D eigenvalue weighted by Gasteiger charge is 2.12. The molecule has 132 valence electrons. The third-order valence-electron chi connectivity index (χ3n) is 3.60. The van der Waals surface area contributed by atoms with Crippen molar-refractivity contribution < 1.29 is 13.2 Å². The number of benzene rings is 2. The number of hydrogen-bond donors (Lipinski definition) is 0. The number of terminal acetylenes is 1. The Bertz CT molecular complexity index is 1230. The third kappa shape index (κ3) is 3.73. The maximum atomic E-state index is 12.5. The minimum absolute atomic E-state index is 0.0678. The minimum atomic E-state index is -3.41. The molecule has 0 radical (unpaired) electrons. The van der Waals surface area contributed by atoms with Gasteiger partial charge in [-0.15, -0.1) is 6.42 Å². The molecule has 1 heterocycles. The molecule has 3 aromatic rings. The molecule has 26 heavy (non-hydrogen) atoms. The van der Waals surface area contributed by atoms with Crippen molar-refractivity contribution in [1.29, 1.82) is 0 Å². The second-order valence-corrected chi connectivity index (χ2v) is 8.97. The van der Waals surface area contributed by atoms with Crippen molar-refractivity contribution in [3.8, 4) is 12.3 Å². The number of fused-ring (bicyclic) bond motifs is 1. The van der Waals surface area contributed by atoms with Crippen LogP contribution in [0.3, 0.4) is 0 Å². The zero-order chi connectivity index (χ0) is 18.9. The molecule has 1 amide bonds. The predicted molar refractivity (Wildman–Crippen MR) is 103 cm³/mol. The van der Waals surface area contributed by atoms with E-state index in [4.69, 9.17) is 18.0 Å². The monoisotopic (exact) mass is 404 g/mol. The second kappa shape index (κ2) is 7.08.